The van der Waals surface area contributed by atoms with Crippen LogP contribution in [0.5, 0.6) is 0 Å². The summed E-state index contributed by atoms with van der Waals surface area (Å²) in [6.45, 7) is 0. The standard InChI is InChI=1S/C17H10N2O2/c20-16-12-5-3-4-10-8-11(14-6-1-2-7-18-14)9-13(15(10)12)17(21)19-16/h1-9H,(H,19,20,21). The van der Waals surface area contributed by atoms with Crippen LogP contribution in [0.3, 0.4) is 0 Å². The number of nitrogens with zero attached hydrogens (tertiary/aromatic N) is 1. The number of carbonyl (C=O) groups is 2. The fourth-order valence-electron chi connectivity index (χ4n) is 2.72. The van der Waals surface area contributed by atoms with Crippen molar-refractivity contribution in [3.63, 3.8) is 0 Å². The van der Waals surface area contributed by atoms with E-state index < -0.39 is 0 Å². The highest BCUT2D eigenvalue weighted by molar-refractivity contribution is 6.26. The van der Waals surface area contributed by atoms with Gasteiger partial charge in [-0.05, 0) is 35.7 Å². The van der Waals surface area contributed by atoms with E-state index in [4.69, 9.17) is 0 Å². The molecule has 21 heavy (non-hydrogen) atoms. The topological polar surface area (TPSA) is 59.1 Å². The molecule has 0 unspecified atom stereocenters. The Morgan fingerprint density at radius 2 is 1.71 bits per heavy atom. The van der Waals surface area contributed by atoms with Gasteiger partial charge in [0.15, 0.2) is 0 Å². The number of hydrogen-bond donors (Lipinski definition) is 1. The molecule has 1 aromatic heterocycles. The summed E-state index contributed by atoms with van der Waals surface area (Å²) in [5, 5.41) is 3.96. The fraction of sp³-hybridized carbons (Fsp3) is 0. The van der Waals surface area contributed by atoms with Crippen molar-refractivity contribution in [1.29, 1.82) is 0 Å². The van der Waals surface area contributed by atoms with Crippen LogP contribution in [0.4, 0.5) is 0 Å². The van der Waals surface area contributed by atoms with Gasteiger partial charge in [-0.15, -0.1) is 0 Å². The van der Waals surface area contributed by atoms with Gasteiger partial charge in [0.05, 0.1) is 5.69 Å². The molecule has 0 atom stereocenters. The smallest absolute Gasteiger partial charge is 0.258 e. The van der Waals surface area contributed by atoms with Crippen LogP contribution in [0.25, 0.3) is 22.0 Å². The molecule has 0 saturated heterocycles. The van der Waals surface area contributed by atoms with Crippen LogP contribution in [0.1, 0.15) is 20.7 Å². The zero-order valence-electron chi connectivity index (χ0n) is 11.0. The van der Waals surface area contributed by atoms with Crippen molar-refractivity contribution in [2.75, 3.05) is 0 Å². The van der Waals surface area contributed by atoms with E-state index in [2.05, 4.69) is 10.3 Å². The summed E-state index contributed by atoms with van der Waals surface area (Å²) in [7, 11) is 0. The van der Waals surface area contributed by atoms with Crippen LogP contribution in [0.15, 0.2) is 54.7 Å². The number of amides is 2. The van der Waals surface area contributed by atoms with E-state index >= 15 is 0 Å². The van der Waals surface area contributed by atoms with E-state index in [0.717, 1.165) is 16.6 Å². The first-order chi connectivity index (χ1) is 10.2. The molecular weight excluding hydrogens is 264 g/mol. The maximum atomic E-state index is 12.1. The molecule has 0 spiro atoms. The quantitative estimate of drug-likeness (QED) is 0.694. The van der Waals surface area contributed by atoms with E-state index in [1.54, 1.807) is 18.3 Å². The molecule has 4 rings (SSSR count). The Bertz CT molecular complexity index is 901. The van der Waals surface area contributed by atoms with E-state index in [-0.39, 0.29) is 11.8 Å². The number of aromatic nitrogens is 1. The van der Waals surface area contributed by atoms with Crippen LogP contribution >= 0.6 is 0 Å². The average molecular weight is 274 g/mol. The van der Waals surface area contributed by atoms with E-state index in [9.17, 15) is 9.59 Å². The SMILES string of the molecule is O=C1NC(=O)c2cc(-c3ccccn3)cc3cccc1c23. The number of rotatable bonds is 1. The number of nitrogens with one attached hydrogen (secondary N) is 1. The predicted octanol–water partition coefficient (Wildman–Crippen LogP) is 2.79. The summed E-state index contributed by atoms with van der Waals surface area (Å²) in [6.07, 6.45) is 1.71. The van der Waals surface area contributed by atoms with Crippen molar-refractivity contribution in [3.05, 3.63) is 65.9 Å². The molecule has 3 aromatic rings. The predicted molar refractivity (Wildman–Crippen MR) is 79.0 cm³/mol. The van der Waals surface area contributed by atoms with Gasteiger partial charge in [0.1, 0.15) is 0 Å². The third kappa shape index (κ3) is 1.73. The van der Waals surface area contributed by atoms with Crippen LogP contribution in [-0.4, -0.2) is 16.8 Å². The zero-order chi connectivity index (χ0) is 14.4. The van der Waals surface area contributed by atoms with Gasteiger partial charge in [0.2, 0.25) is 0 Å². The lowest BCUT2D eigenvalue weighted by Crippen LogP contribution is -2.34. The lowest BCUT2D eigenvalue weighted by Gasteiger charge is -2.17. The van der Waals surface area contributed by atoms with Crippen molar-refractivity contribution in [2.24, 2.45) is 0 Å². The highest BCUT2D eigenvalue weighted by Crippen LogP contribution is 2.31. The Labute approximate surface area is 120 Å². The van der Waals surface area contributed by atoms with Crippen molar-refractivity contribution in [1.82, 2.24) is 10.3 Å². The van der Waals surface area contributed by atoms with Gasteiger partial charge in [-0.2, -0.15) is 0 Å². The van der Waals surface area contributed by atoms with Gasteiger partial charge < -0.3 is 0 Å². The molecule has 1 aliphatic rings. The second-order valence-electron chi connectivity index (χ2n) is 4.93. The second-order valence-corrected chi connectivity index (χ2v) is 4.93. The molecule has 2 aromatic carbocycles. The molecule has 0 fully saturated rings. The fourth-order valence-corrected chi connectivity index (χ4v) is 2.72. The monoisotopic (exact) mass is 274 g/mol. The third-order valence-electron chi connectivity index (χ3n) is 3.65. The van der Waals surface area contributed by atoms with Crippen molar-refractivity contribution < 1.29 is 9.59 Å². The molecule has 4 nitrogen and oxygen atoms in total. The van der Waals surface area contributed by atoms with Crippen LogP contribution in [-0.2, 0) is 0 Å². The first kappa shape index (κ1) is 11.8. The maximum Gasteiger partial charge on any atom is 0.258 e. The molecular formula is C17H10N2O2. The summed E-state index contributed by atoms with van der Waals surface area (Å²) < 4.78 is 0. The number of imide groups is 1. The minimum absolute atomic E-state index is 0.344. The first-order valence-electron chi connectivity index (χ1n) is 6.58. The molecule has 0 saturated carbocycles. The molecule has 0 radical (unpaired) electrons. The summed E-state index contributed by atoms with van der Waals surface area (Å²) in [5.41, 5.74) is 2.71. The number of benzene rings is 2. The van der Waals surface area contributed by atoms with Gasteiger partial charge in [-0.25, -0.2) is 0 Å². The molecule has 2 heterocycles. The van der Waals surface area contributed by atoms with Crippen LogP contribution in [0.2, 0.25) is 0 Å². The maximum absolute atomic E-state index is 12.1. The van der Waals surface area contributed by atoms with E-state index in [1.165, 1.54) is 0 Å². The van der Waals surface area contributed by atoms with Gasteiger partial charge in [0, 0.05) is 28.3 Å². The highest BCUT2D eigenvalue weighted by atomic mass is 16.2. The average Bonchev–Trinajstić information content (AvgIpc) is 2.53. The van der Waals surface area contributed by atoms with E-state index in [0.29, 0.717) is 16.5 Å². The van der Waals surface area contributed by atoms with Gasteiger partial charge >= 0.3 is 0 Å². The Morgan fingerprint density at radius 3 is 2.52 bits per heavy atom. The lowest BCUT2D eigenvalue weighted by atomic mass is 9.92. The number of hydrogen-bond acceptors (Lipinski definition) is 3. The normalized spacial score (nSPS) is 13.3. The van der Waals surface area contributed by atoms with E-state index in [1.807, 2.05) is 36.4 Å². The lowest BCUT2D eigenvalue weighted by molar-refractivity contribution is 0.0845. The number of pyridine rings is 1. The van der Waals surface area contributed by atoms with Crippen LogP contribution in [0, 0.1) is 0 Å². The second kappa shape index (κ2) is 4.24. The molecule has 0 bridgehead atoms. The molecule has 100 valence electrons. The minimum Gasteiger partial charge on any atom is -0.288 e. The van der Waals surface area contributed by atoms with Crippen molar-refractivity contribution >= 4 is 22.6 Å². The van der Waals surface area contributed by atoms with Crippen molar-refractivity contribution in [3.8, 4) is 11.3 Å². The van der Waals surface area contributed by atoms with Gasteiger partial charge in [-0.1, -0.05) is 18.2 Å². The summed E-state index contributed by atoms with van der Waals surface area (Å²) >= 11 is 0. The Kier molecular flexibility index (Phi) is 2.38. The zero-order valence-corrected chi connectivity index (χ0v) is 11.0. The van der Waals surface area contributed by atoms with Crippen molar-refractivity contribution in [2.45, 2.75) is 0 Å². The summed E-state index contributed by atoms with van der Waals surface area (Å²) in [6, 6.07) is 14.8. The van der Waals surface area contributed by atoms with Crippen LogP contribution < -0.4 is 5.32 Å². The Balaban J connectivity index is 2.08. The highest BCUT2D eigenvalue weighted by Gasteiger charge is 2.25. The largest absolute Gasteiger partial charge is 0.288 e. The molecule has 2 amide bonds. The Morgan fingerprint density at radius 1 is 0.857 bits per heavy atom. The first-order valence-corrected chi connectivity index (χ1v) is 6.58. The van der Waals surface area contributed by atoms with Gasteiger partial charge in [0.25, 0.3) is 11.8 Å². The Hall–Kier alpha value is -3.01. The molecule has 1 N–H and O–H groups in total. The van der Waals surface area contributed by atoms with Gasteiger partial charge in [-0.3, -0.25) is 19.9 Å². The molecule has 4 heteroatoms. The summed E-state index contributed by atoms with van der Waals surface area (Å²) in [5.74, 6) is -0.704. The summed E-state index contributed by atoms with van der Waals surface area (Å²) in [4.78, 5) is 28.3. The number of carbonyl (C=O) groups excluding carboxylic acids is 2. The third-order valence-corrected chi connectivity index (χ3v) is 3.65. The molecule has 1 aliphatic heterocycles. The molecule has 0 aliphatic carbocycles. The minimum atomic E-state index is -0.360.